The van der Waals surface area contributed by atoms with E-state index in [1.165, 1.54) is 24.8 Å². The van der Waals surface area contributed by atoms with Gasteiger partial charge < -0.3 is 4.98 Å². The SMILES string of the molecule is CCCCCc1cnc(=NC)[nH]c1. The van der Waals surface area contributed by atoms with E-state index in [1.807, 2.05) is 12.4 Å². The van der Waals surface area contributed by atoms with Crippen LogP contribution in [0.4, 0.5) is 0 Å². The highest BCUT2D eigenvalue weighted by molar-refractivity contribution is 5.01. The fourth-order valence-electron chi connectivity index (χ4n) is 1.21. The molecule has 0 unspecified atom stereocenters. The van der Waals surface area contributed by atoms with E-state index in [0.717, 1.165) is 6.42 Å². The van der Waals surface area contributed by atoms with Crippen molar-refractivity contribution in [1.82, 2.24) is 9.97 Å². The number of rotatable bonds is 4. The first-order chi connectivity index (χ1) is 6.36. The molecule has 0 amide bonds. The van der Waals surface area contributed by atoms with Crippen LogP contribution in [-0.4, -0.2) is 17.0 Å². The molecule has 72 valence electrons. The fraction of sp³-hybridized carbons (Fsp3) is 0.600. The summed E-state index contributed by atoms with van der Waals surface area (Å²) in [6, 6.07) is 0. The minimum Gasteiger partial charge on any atom is -0.331 e. The standard InChI is InChI=1S/C10H17N3/c1-3-4-5-6-9-7-12-10(11-2)13-8-9/h7-8H,3-6H2,1-2H3,(H,11,12,13). The number of aryl methyl sites for hydroxylation is 1. The van der Waals surface area contributed by atoms with Crippen LogP contribution in [0.5, 0.6) is 0 Å². The fourth-order valence-corrected chi connectivity index (χ4v) is 1.21. The van der Waals surface area contributed by atoms with E-state index in [2.05, 4.69) is 21.9 Å². The number of aromatic nitrogens is 2. The average molecular weight is 179 g/mol. The number of nitrogens with one attached hydrogen (secondary N) is 1. The van der Waals surface area contributed by atoms with Crippen molar-refractivity contribution >= 4 is 0 Å². The Bertz CT molecular complexity index is 281. The molecule has 13 heavy (non-hydrogen) atoms. The Balaban J connectivity index is 2.50. The number of H-pyrrole nitrogens is 1. The van der Waals surface area contributed by atoms with E-state index in [-0.39, 0.29) is 0 Å². The molecule has 0 saturated carbocycles. The number of nitrogens with zero attached hydrogens (tertiary/aromatic N) is 2. The van der Waals surface area contributed by atoms with Gasteiger partial charge in [-0.2, -0.15) is 0 Å². The summed E-state index contributed by atoms with van der Waals surface area (Å²) in [6.07, 6.45) is 8.80. The van der Waals surface area contributed by atoms with E-state index >= 15 is 0 Å². The summed E-state index contributed by atoms with van der Waals surface area (Å²) in [5, 5.41) is 0. The molecule has 1 aromatic heterocycles. The van der Waals surface area contributed by atoms with Crippen LogP contribution >= 0.6 is 0 Å². The highest BCUT2D eigenvalue weighted by Gasteiger charge is 1.92. The Kier molecular flexibility index (Phi) is 4.23. The molecule has 0 spiro atoms. The quantitative estimate of drug-likeness (QED) is 0.702. The van der Waals surface area contributed by atoms with Gasteiger partial charge in [0.15, 0.2) is 0 Å². The third-order valence-electron chi connectivity index (χ3n) is 2.02. The Morgan fingerprint density at radius 3 is 2.85 bits per heavy atom. The Morgan fingerprint density at radius 2 is 2.31 bits per heavy atom. The molecule has 1 rings (SSSR count). The molecule has 1 heterocycles. The molecular formula is C10H17N3. The molecular weight excluding hydrogens is 162 g/mol. The van der Waals surface area contributed by atoms with Gasteiger partial charge in [0, 0.05) is 19.4 Å². The number of aromatic amines is 1. The monoisotopic (exact) mass is 179 g/mol. The molecule has 0 aliphatic rings. The largest absolute Gasteiger partial charge is 0.331 e. The lowest BCUT2D eigenvalue weighted by Crippen LogP contribution is -2.11. The van der Waals surface area contributed by atoms with Crippen LogP contribution < -0.4 is 5.62 Å². The van der Waals surface area contributed by atoms with E-state index in [0.29, 0.717) is 5.62 Å². The summed E-state index contributed by atoms with van der Waals surface area (Å²) < 4.78 is 0. The van der Waals surface area contributed by atoms with Gasteiger partial charge in [-0.15, -0.1) is 0 Å². The molecule has 0 aliphatic carbocycles. The van der Waals surface area contributed by atoms with Crippen molar-refractivity contribution in [2.45, 2.75) is 32.6 Å². The highest BCUT2D eigenvalue weighted by Crippen LogP contribution is 2.02. The van der Waals surface area contributed by atoms with Crippen LogP contribution in [0.15, 0.2) is 17.4 Å². The first kappa shape index (κ1) is 9.96. The van der Waals surface area contributed by atoms with Crippen molar-refractivity contribution in [1.29, 1.82) is 0 Å². The summed E-state index contributed by atoms with van der Waals surface area (Å²) >= 11 is 0. The number of hydrogen-bond acceptors (Lipinski definition) is 2. The Morgan fingerprint density at radius 1 is 1.46 bits per heavy atom. The molecule has 0 aliphatic heterocycles. The van der Waals surface area contributed by atoms with Crippen molar-refractivity contribution in [2.24, 2.45) is 4.99 Å². The third-order valence-corrected chi connectivity index (χ3v) is 2.02. The van der Waals surface area contributed by atoms with Crippen LogP contribution in [0.3, 0.4) is 0 Å². The van der Waals surface area contributed by atoms with E-state index in [4.69, 9.17) is 0 Å². The normalized spacial score (nSPS) is 12.0. The molecule has 0 fully saturated rings. The number of hydrogen-bond donors (Lipinski definition) is 1. The third kappa shape index (κ3) is 3.40. The predicted octanol–water partition coefficient (Wildman–Crippen LogP) is 1.67. The zero-order valence-corrected chi connectivity index (χ0v) is 8.38. The zero-order chi connectivity index (χ0) is 9.52. The molecule has 1 aromatic rings. The minimum absolute atomic E-state index is 0.694. The minimum atomic E-state index is 0.694. The van der Waals surface area contributed by atoms with Crippen molar-refractivity contribution in [2.75, 3.05) is 7.05 Å². The van der Waals surface area contributed by atoms with E-state index in [1.54, 1.807) is 7.05 Å². The first-order valence-electron chi connectivity index (χ1n) is 4.83. The van der Waals surface area contributed by atoms with Crippen molar-refractivity contribution in [3.05, 3.63) is 23.6 Å². The second-order valence-electron chi connectivity index (χ2n) is 3.13. The van der Waals surface area contributed by atoms with Gasteiger partial charge in [-0.25, -0.2) is 4.98 Å². The first-order valence-corrected chi connectivity index (χ1v) is 4.83. The van der Waals surface area contributed by atoms with Gasteiger partial charge in [-0.3, -0.25) is 4.99 Å². The second kappa shape index (κ2) is 5.51. The topological polar surface area (TPSA) is 41.0 Å². The van der Waals surface area contributed by atoms with Crippen molar-refractivity contribution in [3.63, 3.8) is 0 Å². The summed E-state index contributed by atoms with van der Waals surface area (Å²) in [5.41, 5.74) is 1.96. The summed E-state index contributed by atoms with van der Waals surface area (Å²) in [6.45, 7) is 2.21. The van der Waals surface area contributed by atoms with Gasteiger partial charge in [-0.1, -0.05) is 19.8 Å². The molecule has 0 atom stereocenters. The maximum atomic E-state index is 4.15. The Hall–Kier alpha value is -1.12. The average Bonchev–Trinajstić information content (AvgIpc) is 2.19. The van der Waals surface area contributed by atoms with Crippen LogP contribution in [0, 0.1) is 0 Å². The molecule has 1 N–H and O–H groups in total. The lowest BCUT2D eigenvalue weighted by Gasteiger charge is -1.98. The van der Waals surface area contributed by atoms with Crippen LogP contribution in [0.25, 0.3) is 0 Å². The van der Waals surface area contributed by atoms with Crippen molar-refractivity contribution in [3.8, 4) is 0 Å². The molecule has 0 aromatic carbocycles. The highest BCUT2D eigenvalue weighted by atomic mass is 14.9. The van der Waals surface area contributed by atoms with Crippen molar-refractivity contribution < 1.29 is 0 Å². The molecule has 0 radical (unpaired) electrons. The maximum absolute atomic E-state index is 4.15. The van der Waals surface area contributed by atoms with Crippen LogP contribution in [-0.2, 0) is 6.42 Å². The van der Waals surface area contributed by atoms with Crippen LogP contribution in [0.2, 0.25) is 0 Å². The lowest BCUT2D eigenvalue weighted by atomic mass is 10.1. The van der Waals surface area contributed by atoms with Gasteiger partial charge in [0.1, 0.15) is 0 Å². The predicted molar refractivity (Wildman–Crippen MR) is 53.3 cm³/mol. The van der Waals surface area contributed by atoms with Gasteiger partial charge in [0.05, 0.1) is 0 Å². The zero-order valence-electron chi connectivity index (χ0n) is 8.38. The summed E-state index contributed by atoms with van der Waals surface area (Å²) in [7, 11) is 1.73. The lowest BCUT2D eigenvalue weighted by molar-refractivity contribution is 0.712. The van der Waals surface area contributed by atoms with Gasteiger partial charge in [0.2, 0.25) is 5.62 Å². The van der Waals surface area contributed by atoms with Crippen LogP contribution in [0.1, 0.15) is 31.7 Å². The van der Waals surface area contributed by atoms with E-state index < -0.39 is 0 Å². The second-order valence-corrected chi connectivity index (χ2v) is 3.13. The smallest absolute Gasteiger partial charge is 0.221 e. The van der Waals surface area contributed by atoms with Gasteiger partial charge in [0.25, 0.3) is 0 Å². The molecule has 3 heteroatoms. The molecule has 0 bridgehead atoms. The molecule has 0 saturated heterocycles. The maximum Gasteiger partial charge on any atom is 0.221 e. The van der Waals surface area contributed by atoms with E-state index in [9.17, 15) is 0 Å². The van der Waals surface area contributed by atoms with Gasteiger partial charge >= 0.3 is 0 Å². The van der Waals surface area contributed by atoms with Gasteiger partial charge in [-0.05, 0) is 18.4 Å². The Labute approximate surface area is 79.0 Å². The molecule has 3 nitrogen and oxygen atoms in total. The summed E-state index contributed by atoms with van der Waals surface area (Å²) in [4.78, 5) is 11.1. The number of unbranched alkanes of at least 4 members (excludes halogenated alkanes) is 2. The summed E-state index contributed by atoms with van der Waals surface area (Å²) in [5.74, 6) is 0.